The summed E-state index contributed by atoms with van der Waals surface area (Å²) in [5.74, 6) is 0.183. The summed E-state index contributed by atoms with van der Waals surface area (Å²) < 4.78 is 15.0. The molecule has 0 aliphatic carbocycles. The van der Waals surface area contributed by atoms with Gasteiger partial charge in [0, 0.05) is 17.0 Å². The summed E-state index contributed by atoms with van der Waals surface area (Å²) in [6.45, 7) is 0. The van der Waals surface area contributed by atoms with Gasteiger partial charge < -0.3 is 0 Å². The number of hydrogen-bond donors (Lipinski definition) is 0. The summed E-state index contributed by atoms with van der Waals surface area (Å²) in [5, 5.41) is 1.08. The summed E-state index contributed by atoms with van der Waals surface area (Å²) in [7, 11) is 0. The Bertz CT molecular complexity index is 1180. The second-order valence-corrected chi connectivity index (χ2v) is 7.18. The van der Waals surface area contributed by atoms with Crippen LogP contribution in [0.1, 0.15) is 5.56 Å². The molecular formula is C20H13ClFN3OS. The van der Waals surface area contributed by atoms with Gasteiger partial charge in [-0.3, -0.25) is 9.36 Å². The first kappa shape index (κ1) is 17.7. The predicted octanol–water partition coefficient (Wildman–Crippen LogP) is 4.87. The number of hydrogen-bond acceptors (Lipinski definition) is 4. The van der Waals surface area contributed by atoms with Crippen LogP contribution in [-0.2, 0) is 5.75 Å². The van der Waals surface area contributed by atoms with E-state index in [9.17, 15) is 9.18 Å². The first-order valence-corrected chi connectivity index (χ1v) is 9.49. The minimum absolute atomic E-state index is 0.260. The maximum absolute atomic E-state index is 13.4. The van der Waals surface area contributed by atoms with E-state index < -0.39 is 0 Å². The molecule has 0 bridgehead atoms. The van der Waals surface area contributed by atoms with Crippen molar-refractivity contribution in [3.05, 3.63) is 93.6 Å². The number of nitrogens with zero attached hydrogens (tertiary/aromatic N) is 3. The van der Waals surface area contributed by atoms with Gasteiger partial charge in [-0.1, -0.05) is 35.5 Å². The van der Waals surface area contributed by atoms with Gasteiger partial charge >= 0.3 is 0 Å². The van der Waals surface area contributed by atoms with Crippen LogP contribution in [-0.4, -0.2) is 14.5 Å². The van der Waals surface area contributed by atoms with Gasteiger partial charge in [-0.2, -0.15) is 0 Å². The van der Waals surface area contributed by atoms with Crippen LogP contribution in [0.5, 0.6) is 0 Å². The van der Waals surface area contributed by atoms with Crippen LogP contribution in [0, 0.1) is 5.82 Å². The van der Waals surface area contributed by atoms with Crippen molar-refractivity contribution in [2.75, 3.05) is 0 Å². The van der Waals surface area contributed by atoms with Crippen molar-refractivity contribution in [1.29, 1.82) is 0 Å². The fourth-order valence-electron chi connectivity index (χ4n) is 2.69. The Balaban J connectivity index is 1.83. The predicted molar refractivity (Wildman–Crippen MR) is 106 cm³/mol. The van der Waals surface area contributed by atoms with Gasteiger partial charge in [-0.25, -0.2) is 14.4 Å². The van der Waals surface area contributed by atoms with Crippen LogP contribution in [0.4, 0.5) is 4.39 Å². The molecule has 2 aromatic carbocycles. The summed E-state index contributed by atoms with van der Waals surface area (Å²) in [4.78, 5) is 21.8. The largest absolute Gasteiger partial charge is 0.285 e. The molecule has 0 radical (unpaired) electrons. The van der Waals surface area contributed by atoms with E-state index in [1.165, 1.54) is 28.5 Å². The van der Waals surface area contributed by atoms with E-state index in [-0.39, 0.29) is 11.4 Å². The first-order valence-electron chi connectivity index (χ1n) is 8.13. The highest BCUT2D eigenvalue weighted by molar-refractivity contribution is 7.98. The van der Waals surface area contributed by atoms with Gasteiger partial charge in [0.25, 0.3) is 5.56 Å². The number of aromatic nitrogens is 3. The van der Waals surface area contributed by atoms with Crippen LogP contribution < -0.4 is 5.56 Å². The minimum atomic E-state index is -0.293. The molecule has 2 heterocycles. The highest BCUT2D eigenvalue weighted by atomic mass is 35.5. The van der Waals surface area contributed by atoms with Crippen LogP contribution in [0.2, 0.25) is 5.02 Å². The van der Waals surface area contributed by atoms with Crippen molar-refractivity contribution in [3.8, 4) is 5.69 Å². The van der Waals surface area contributed by atoms with Crippen molar-refractivity contribution in [2.24, 2.45) is 0 Å². The van der Waals surface area contributed by atoms with Gasteiger partial charge in [0.1, 0.15) is 5.82 Å². The van der Waals surface area contributed by atoms with E-state index in [0.717, 1.165) is 5.56 Å². The lowest BCUT2D eigenvalue weighted by Gasteiger charge is -2.13. The molecule has 27 heavy (non-hydrogen) atoms. The third kappa shape index (κ3) is 3.72. The molecular weight excluding hydrogens is 385 g/mol. The molecule has 0 fully saturated rings. The number of halogens is 2. The summed E-state index contributed by atoms with van der Waals surface area (Å²) in [5.41, 5.74) is 2.01. The van der Waals surface area contributed by atoms with Crippen LogP contribution in [0.15, 0.2) is 76.8 Å². The van der Waals surface area contributed by atoms with Gasteiger partial charge in [-0.15, -0.1) is 0 Å². The number of thioether (sulfide) groups is 1. The summed E-state index contributed by atoms with van der Waals surface area (Å²) >= 11 is 7.34. The molecule has 2 aromatic heterocycles. The molecule has 0 saturated carbocycles. The average molecular weight is 398 g/mol. The maximum Gasteiger partial charge on any atom is 0.285 e. The van der Waals surface area contributed by atoms with Crippen molar-refractivity contribution in [1.82, 2.24) is 14.5 Å². The zero-order valence-corrected chi connectivity index (χ0v) is 15.5. The van der Waals surface area contributed by atoms with E-state index in [1.807, 2.05) is 6.07 Å². The third-order valence-electron chi connectivity index (χ3n) is 3.94. The Hall–Kier alpha value is -2.70. The van der Waals surface area contributed by atoms with Gasteiger partial charge in [0.2, 0.25) is 0 Å². The molecule has 0 aliphatic rings. The molecule has 0 unspecified atom stereocenters. The fourth-order valence-corrected chi connectivity index (χ4v) is 3.77. The average Bonchev–Trinajstić information content (AvgIpc) is 2.68. The number of benzene rings is 2. The monoisotopic (exact) mass is 397 g/mol. The lowest BCUT2D eigenvalue weighted by Crippen LogP contribution is -2.22. The normalized spacial score (nSPS) is 11.0. The maximum atomic E-state index is 13.4. The molecule has 7 heteroatoms. The second-order valence-electron chi connectivity index (χ2n) is 5.80. The Kier molecular flexibility index (Phi) is 4.92. The van der Waals surface area contributed by atoms with Crippen molar-refractivity contribution in [3.63, 3.8) is 0 Å². The van der Waals surface area contributed by atoms with Gasteiger partial charge in [0.15, 0.2) is 10.7 Å². The van der Waals surface area contributed by atoms with Gasteiger partial charge in [-0.05, 0) is 54.1 Å². The quantitative estimate of drug-likeness (QED) is 0.364. The molecule has 4 rings (SSSR count). The van der Waals surface area contributed by atoms with Crippen molar-refractivity contribution in [2.45, 2.75) is 10.9 Å². The lowest BCUT2D eigenvalue weighted by molar-refractivity contribution is 0.626. The fraction of sp³-hybridized carbons (Fsp3) is 0.0500. The van der Waals surface area contributed by atoms with E-state index in [2.05, 4.69) is 9.97 Å². The zero-order chi connectivity index (χ0) is 18.8. The van der Waals surface area contributed by atoms with Crippen molar-refractivity contribution >= 4 is 34.4 Å². The number of fused-ring (bicyclic) bond motifs is 1. The van der Waals surface area contributed by atoms with Crippen LogP contribution in [0.3, 0.4) is 0 Å². The molecule has 0 aliphatic heterocycles. The Morgan fingerprint density at radius 3 is 2.67 bits per heavy atom. The molecule has 4 nitrogen and oxygen atoms in total. The SMILES string of the molecule is O=c1c2ncccc2nc(SCc2cccc(F)c2)n1-c1ccc(Cl)cc1. The van der Waals surface area contributed by atoms with E-state index in [4.69, 9.17) is 11.6 Å². The van der Waals surface area contributed by atoms with Crippen molar-refractivity contribution < 1.29 is 4.39 Å². The lowest BCUT2D eigenvalue weighted by atomic mass is 10.2. The van der Waals surface area contributed by atoms with Gasteiger partial charge in [0.05, 0.1) is 11.2 Å². The van der Waals surface area contributed by atoms with E-state index >= 15 is 0 Å². The zero-order valence-electron chi connectivity index (χ0n) is 14.0. The number of rotatable bonds is 4. The van der Waals surface area contributed by atoms with Crippen LogP contribution in [0.25, 0.3) is 16.7 Å². The molecule has 0 amide bonds. The third-order valence-corrected chi connectivity index (χ3v) is 5.20. The summed E-state index contributed by atoms with van der Waals surface area (Å²) in [6.07, 6.45) is 1.57. The highest BCUT2D eigenvalue weighted by Gasteiger charge is 2.14. The summed E-state index contributed by atoms with van der Waals surface area (Å²) in [6, 6.07) is 16.8. The molecule has 0 atom stereocenters. The standard InChI is InChI=1S/C20H13ClFN3OS/c21-14-6-8-16(9-7-14)25-19(26)18-17(5-2-10-23-18)24-20(25)27-12-13-3-1-4-15(22)11-13/h1-11H,12H2. The molecule has 0 N–H and O–H groups in total. The smallest absolute Gasteiger partial charge is 0.266 e. The number of pyridine rings is 1. The van der Waals surface area contributed by atoms with E-state index in [0.29, 0.717) is 32.7 Å². The van der Waals surface area contributed by atoms with Crippen LogP contribution >= 0.6 is 23.4 Å². The Labute approximate surface area is 163 Å². The van der Waals surface area contributed by atoms with E-state index in [1.54, 1.807) is 48.7 Å². The topological polar surface area (TPSA) is 47.8 Å². The highest BCUT2D eigenvalue weighted by Crippen LogP contribution is 2.25. The molecule has 0 saturated heterocycles. The molecule has 134 valence electrons. The second kappa shape index (κ2) is 7.50. The Morgan fingerprint density at radius 2 is 1.89 bits per heavy atom. The Morgan fingerprint density at radius 1 is 1.07 bits per heavy atom. The molecule has 4 aromatic rings. The first-order chi connectivity index (χ1) is 13.1. The molecule has 0 spiro atoms. The minimum Gasteiger partial charge on any atom is -0.266 e.